The van der Waals surface area contributed by atoms with Crippen molar-refractivity contribution < 1.29 is 9.90 Å². The third-order valence-corrected chi connectivity index (χ3v) is 5.45. The summed E-state index contributed by atoms with van der Waals surface area (Å²) < 4.78 is 0. The summed E-state index contributed by atoms with van der Waals surface area (Å²) in [5, 5.41) is 9.25. The minimum atomic E-state index is -0.395. The number of para-hydroxylation sites is 1. The molecule has 1 amide bonds. The number of amides is 1. The summed E-state index contributed by atoms with van der Waals surface area (Å²) in [7, 11) is 0. The zero-order chi connectivity index (χ0) is 18.5. The van der Waals surface area contributed by atoms with Crippen LogP contribution in [0.3, 0.4) is 0 Å². The number of hydrogen-bond acceptors (Lipinski definition) is 3. The van der Waals surface area contributed by atoms with Crippen LogP contribution in [-0.2, 0) is 11.4 Å². The number of aliphatic hydroxyl groups excluding tert-OH is 1. The fourth-order valence-electron chi connectivity index (χ4n) is 4.00. The third kappa shape index (κ3) is 3.91. The van der Waals surface area contributed by atoms with E-state index in [9.17, 15) is 9.90 Å². The first-order valence-electron chi connectivity index (χ1n) is 9.44. The Bertz CT molecular complexity index is 736. The zero-order valence-corrected chi connectivity index (χ0v) is 15.4. The van der Waals surface area contributed by atoms with Crippen molar-refractivity contribution in [3.63, 3.8) is 0 Å². The molecule has 4 nitrogen and oxygen atoms in total. The van der Waals surface area contributed by atoms with E-state index in [1.54, 1.807) is 0 Å². The van der Waals surface area contributed by atoms with Crippen LogP contribution in [0.25, 0.3) is 0 Å². The molecule has 0 saturated carbocycles. The van der Waals surface area contributed by atoms with E-state index in [4.69, 9.17) is 5.73 Å². The molecule has 138 valence electrons. The van der Waals surface area contributed by atoms with E-state index < -0.39 is 5.92 Å². The van der Waals surface area contributed by atoms with Gasteiger partial charge in [-0.15, -0.1) is 0 Å². The molecule has 3 rings (SSSR count). The fraction of sp³-hybridized carbons (Fsp3) is 0.409. The second-order valence-corrected chi connectivity index (χ2v) is 7.17. The number of nitrogens with two attached hydrogens (primary N) is 1. The normalized spacial score (nSPS) is 16.9. The minimum Gasteiger partial charge on any atom is -0.392 e. The van der Waals surface area contributed by atoms with Gasteiger partial charge in [0.2, 0.25) is 5.91 Å². The summed E-state index contributed by atoms with van der Waals surface area (Å²) in [6.07, 6.45) is 3.71. The maximum Gasteiger partial charge on any atom is 0.225 e. The van der Waals surface area contributed by atoms with Crippen molar-refractivity contribution in [1.29, 1.82) is 0 Å². The van der Waals surface area contributed by atoms with Gasteiger partial charge in [0.05, 0.1) is 12.5 Å². The molecular weight excluding hydrogens is 324 g/mol. The van der Waals surface area contributed by atoms with Crippen molar-refractivity contribution in [2.45, 2.75) is 44.6 Å². The van der Waals surface area contributed by atoms with E-state index in [0.717, 1.165) is 24.2 Å². The van der Waals surface area contributed by atoms with Crippen LogP contribution < -0.4 is 10.6 Å². The molecule has 1 fully saturated rings. The predicted octanol–water partition coefficient (Wildman–Crippen LogP) is 3.54. The highest BCUT2D eigenvalue weighted by molar-refractivity contribution is 5.83. The van der Waals surface area contributed by atoms with Gasteiger partial charge in [-0.3, -0.25) is 4.79 Å². The summed E-state index contributed by atoms with van der Waals surface area (Å²) in [5.41, 5.74) is 9.93. The second-order valence-electron chi connectivity index (χ2n) is 7.17. The molecule has 3 N–H and O–H groups in total. The van der Waals surface area contributed by atoms with Gasteiger partial charge < -0.3 is 15.7 Å². The number of primary amides is 1. The van der Waals surface area contributed by atoms with Gasteiger partial charge in [-0.25, -0.2) is 0 Å². The molecule has 2 unspecified atom stereocenters. The van der Waals surface area contributed by atoms with Gasteiger partial charge in [0.25, 0.3) is 0 Å². The van der Waals surface area contributed by atoms with Gasteiger partial charge in [-0.2, -0.15) is 0 Å². The number of carbonyl (C=O) groups is 1. The van der Waals surface area contributed by atoms with Gasteiger partial charge in [-0.05, 0) is 47.9 Å². The van der Waals surface area contributed by atoms with Crippen molar-refractivity contribution >= 4 is 11.6 Å². The van der Waals surface area contributed by atoms with E-state index in [0.29, 0.717) is 0 Å². The van der Waals surface area contributed by atoms with Gasteiger partial charge >= 0.3 is 0 Å². The van der Waals surface area contributed by atoms with Crippen LogP contribution in [0.5, 0.6) is 0 Å². The predicted molar refractivity (Wildman–Crippen MR) is 105 cm³/mol. The monoisotopic (exact) mass is 352 g/mol. The lowest BCUT2D eigenvalue weighted by molar-refractivity contribution is -0.119. The van der Waals surface area contributed by atoms with Crippen molar-refractivity contribution in [2.75, 3.05) is 18.0 Å². The highest BCUT2D eigenvalue weighted by Gasteiger charge is 2.29. The Morgan fingerprint density at radius 2 is 1.73 bits per heavy atom. The van der Waals surface area contributed by atoms with Gasteiger partial charge in [-0.1, -0.05) is 49.4 Å². The highest BCUT2D eigenvalue weighted by atomic mass is 16.3. The molecule has 0 spiro atoms. The first kappa shape index (κ1) is 18.5. The van der Waals surface area contributed by atoms with Crippen molar-refractivity contribution in [3.8, 4) is 0 Å². The van der Waals surface area contributed by atoms with Crippen LogP contribution >= 0.6 is 0 Å². The fourth-order valence-corrected chi connectivity index (χ4v) is 4.00. The molecule has 0 aromatic heterocycles. The lowest BCUT2D eigenvalue weighted by Gasteiger charge is -2.33. The van der Waals surface area contributed by atoms with Gasteiger partial charge in [0.1, 0.15) is 0 Å². The molecule has 1 heterocycles. The summed E-state index contributed by atoms with van der Waals surface area (Å²) in [6.45, 7) is 4.21. The number of rotatable bonds is 6. The molecule has 0 bridgehead atoms. The molecule has 26 heavy (non-hydrogen) atoms. The summed E-state index contributed by atoms with van der Waals surface area (Å²) in [4.78, 5) is 14.7. The van der Waals surface area contributed by atoms with E-state index in [2.05, 4.69) is 30.0 Å². The summed E-state index contributed by atoms with van der Waals surface area (Å²) in [6, 6.07) is 15.9. The SMILES string of the molecule is CC(c1ccccc1N1CCCCC1)C(C(N)=O)c1ccc(CO)cc1. The lowest BCUT2D eigenvalue weighted by atomic mass is 9.81. The Morgan fingerprint density at radius 1 is 1.08 bits per heavy atom. The molecule has 2 aromatic rings. The second kappa shape index (κ2) is 8.37. The largest absolute Gasteiger partial charge is 0.392 e. The van der Waals surface area contributed by atoms with Crippen molar-refractivity contribution in [1.82, 2.24) is 0 Å². The Morgan fingerprint density at radius 3 is 2.35 bits per heavy atom. The molecular formula is C22H28N2O2. The molecule has 0 aliphatic carbocycles. The third-order valence-electron chi connectivity index (χ3n) is 5.45. The molecule has 1 aliphatic heterocycles. The number of hydrogen-bond donors (Lipinski definition) is 2. The number of nitrogens with zero attached hydrogens (tertiary/aromatic N) is 1. The van der Waals surface area contributed by atoms with Crippen LogP contribution in [-0.4, -0.2) is 24.1 Å². The van der Waals surface area contributed by atoms with E-state index in [1.165, 1.54) is 30.5 Å². The minimum absolute atomic E-state index is 0.00509. The summed E-state index contributed by atoms with van der Waals surface area (Å²) >= 11 is 0. The highest BCUT2D eigenvalue weighted by Crippen LogP contribution is 2.38. The van der Waals surface area contributed by atoms with Crippen molar-refractivity contribution in [3.05, 3.63) is 65.2 Å². The van der Waals surface area contributed by atoms with Gasteiger partial charge in [0, 0.05) is 18.8 Å². The van der Waals surface area contributed by atoms with E-state index in [1.807, 2.05) is 30.3 Å². The molecule has 1 saturated heterocycles. The number of carbonyl (C=O) groups excluding carboxylic acids is 1. The van der Waals surface area contributed by atoms with E-state index >= 15 is 0 Å². The van der Waals surface area contributed by atoms with Crippen LogP contribution in [0.4, 0.5) is 5.69 Å². The maximum absolute atomic E-state index is 12.3. The molecule has 2 aromatic carbocycles. The maximum atomic E-state index is 12.3. The zero-order valence-electron chi connectivity index (χ0n) is 15.4. The Balaban J connectivity index is 1.94. The van der Waals surface area contributed by atoms with Crippen LogP contribution in [0, 0.1) is 0 Å². The quantitative estimate of drug-likeness (QED) is 0.835. The van der Waals surface area contributed by atoms with Crippen LogP contribution in [0.2, 0.25) is 0 Å². The Kier molecular flexibility index (Phi) is 5.94. The van der Waals surface area contributed by atoms with Crippen LogP contribution in [0.1, 0.15) is 54.7 Å². The number of aliphatic hydroxyl groups is 1. The smallest absolute Gasteiger partial charge is 0.225 e. The average molecular weight is 352 g/mol. The Labute approximate surface area is 155 Å². The van der Waals surface area contributed by atoms with Crippen molar-refractivity contribution in [2.24, 2.45) is 5.73 Å². The lowest BCUT2D eigenvalue weighted by Crippen LogP contribution is -2.32. The topological polar surface area (TPSA) is 66.6 Å². The number of benzene rings is 2. The molecule has 1 aliphatic rings. The Hall–Kier alpha value is -2.33. The van der Waals surface area contributed by atoms with Crippen LogP contribution in [0.15, 0.2) is 48.5 Å². The standard InChI is InChI=1S/C22H28N2O2/c1-16(21(22(23)26)18-11-9-17(15-25)10-12-18)19-7-3-4-8-20(19)24-13-5-2-6-14-24/h3-4,7-12,16,21,25H,2,5-6,13-15H2,1H3,(H2,23,26). The number of piperidine rings is 1. The average Bonchev–Trinajstić information content (AvgIpc) is 2.69. The number of anilines is 1. The summed E-state index contributed by atoms with van der Waals surface area (Å²) in [5.74, 6) is -0.734. The van der Waals surface area contributed by atoms with Gasteiger partial charge in [0.15, 0.2) is 0 Å². The van der Waals surface area contributed by atoms with E-state index in [-0.39, 0.29) is 18.4 Å². The molecule has 4 heteroatoms. The first-order valence-corrected chi connectivity index (χ1v) is 9.44. The molecule has 2 atom stereocenters. The first-order chi connectivity index (χ1) is 12.6. The molecule has 0 radical (unpaired) electrons.